The largest absolute Gasteiger partial charge is 2.00 e. The second-order valence-electron chi connectivity index (χ2n) is 0.816. The summed E-state index contributed by atoms with van der Waals surface area (Å²) in [5.74, 6) is 0. The Morgan fingerprint density at radius 2 is 0.615 bits per heavy atom. The normalized spacial score (nSPS) is 8.92. The summed E-state index contributed by atoms with van der Waals surface area (Å²) < 4.78 is 68.2. The van der Waals surface area contributed by atoms with E-state index in [0.29, 0.717) is 0 Å². The molecule has 0 heterocycles. The Balaban J connectivity index is -0.0000000267. The van der Waals surface area contributed by atoms with E-state index in [9.17, 15) is 0 Å². The summed E-state index contributed by atoms with van der Waals surface area (Å²) in [5.41, 5.74) is 0. The summed E-state index contributed by atoms with van der Waals surface area (Å²) in [4.78, 5) is 0. The average Bonchev–Trinajstić information content (AvgIpc) is 1.12. The Labute approximate surface area is 130 Å². The maximum absolute atomic E-state index is 8.52. The Morgan fingerprint density at radius 1 is 0.615 bits per heavy atom. The van der Waals surface area contributed by atoms with Crippen LogP contribution in [0.15, 0.2) is 0 Å². The van der Waals surface area contributed by atoms with E-state index in [2.05, 4.69) is 0 Å². The van der Waals surface area contributed by atoms with Gasteiger partial charge in [-0.15, -0.1) is 0 Å². The fraction of sp³-hybridized carbons (Fsp3) is 0. The summed E-state index contributed by atoms with van der Waals surface area (Å²) in [6, 6.07) is 0. The molecule has 0 aliphatic rings. The molecule has 0 saturated heterocycles. The van der Waals surface area contributed by atoms with Crippen LogP contribution in [-0.4, -0.2) is 35.0 Å². The van der Waals surface area contributed by atoms with Crippen LogP contribution in [0.5, 0.6) is 0 Å². The Bertz CT molecular complexity index is 217. The fourth-order valence-electron chi connectivity index (χ4n) is 0. The van der Waals surface area contributed by atoms with Crippen LogP contribution in [0, 0.1) is 0 Å². The molecule has 0 aliphatic carbocycles. The van der Waals surface area contributed by atoms with Crippen LogP contribution in [-0.2, 0) is 37.9 Å². The zero-order valence-corrected chi connectivity index (χ0v) is 13.0. The average molecular weight is 302 g/mol. The number of hydrogen-bond acceptors (Lipinski definition) is 8. The predicted octanol–water partition coefficient (Wildman–Crippen LogP) is -8.67. The van der Waals surface area contributed by atoms with E-state index >= 15 is 0 Å². The first-order valence-electron chi connectivity index (χ1n) is 1.33. The summed E-state index contributed by atoms with van der Waals surface area (Å²) in [5, 5.41) is 0. The minimum Gasteiger partial charge on any atom is -0.759 e. The standard InChI is InChI=1S/Cu.2Na.2H2O4S/c;;;2*1-5(2,3)4/h;;;2*(H2,1,2,3,4)/q+2;2*+1;;/p-4. The van der Waals surface area contributed by atoms with Crippen molar-refractivity contribution in [1.29, 1.82) is 0 Å². The van der Waals surface area contributed by atoms with Gasteiger partial charge in [-0.3, -0.25) is 16.8 Å². The SMILES string of the molecule is O=S(=O)([O-])[O-].O=S(=O)([O-])[O-].[Cu+2].[Na+].[Na+]. The molecule has 0 saturated carbocycles. The molecule has 0 bridgehead atoms. The molecule has 0 aliphatic heterocycles. The van der Waals surface area contributed by atoms with E-state index in [1.54, 1.807) is 0 Å². The summed E-state index contributed by atoms with van der Waals surface area (Å²) in [6.07, 6.45) is 0. The van der Waals surface area contributed by atoms with Crippen molar-refractivity contribution in [2.45, 2.75) is 0 Å². The smallest absolute Gasteiger partial charge is 0.759 e. The van der Waals surface area contributed by atoms with Crippen molar-refractivity contribution < 1.29 is 111 Å². The van der Waals surface area contributed by atoms with Gasteiger partial charge in [0.15, 0.2) is 0 Å². The Kier molecular flexibility index (Phi) is 28.0. The molecule has 13 heavy (non-hydrogen) atoms. The summed E-state index contributed by atoms with van der Waals surface area (Å²) >= 11 is 0. The molecule has 0 spiro atoms. The minimum absolute atomic E-state index is 0. The van der Waals surface area contributed by atoms with Gasteiger partial charge in [-0.1, -0.05) is 0 Å². The first kappa shape index (κ1) is 29.5. The van der Waals surface area contributed by atoms with Crippen molar-refractivity contribution in [2.75, 3.05) is 0 Å². The number of rotatable bonds is 0. The third kappa shape index (κ3) is 420. The van der Waals surface area contributed by atoms with E-state index in [1.165, 1.54) is 0 Å². The van der Waals surface area contributed by atoms with Gasteiger partial charge in [0.2, 0.25) is 0 Å². The van der Waals surface area contributed by atoms with Crippen molar-refractivity contribution in [3.8, 4) is 0 Å². The molecule has 0 atom stereocenters. The van der Waals surface area contributed by atoms with E-state index in [4.69, 9.17) is 35.0 Å². The van der Waals surface area contributed by atoms with Crippen LogP contribution in [0.25, 0.3) is 0 Å². The van der Waals surface area contributed by atoms with Crippen molar-refractivity contribution in [2.24, 2.45) is 0 Å². The second kappa shape index (κ2) is 12.3. The third-order valence-corrected chi connectivity index (χ3v) is 0. The zero-order chi connectivity index (χ0) is 9.00. The van der Waals surface area contributed by atoms with Gasteiger partial charge < -0.3 is 18.2 Å². The first-order chi connectivity index (χ1) is 4.00. The van der Waals surface area contributed by atoms with E-state index in [1.807, 2.05) is 0 Å². The maximum atomic E-state index is 8.52. The van der Waals surface area contributed by atoms with E-state index in [-0.39, 0.29) is 76.2 Å². The predicted molar refractivity (Wildman–Crippen MR) is 20.9 cm³/mol. The summed E-state index contributed by atoms with van der Waals surface area (Å²) in [7, 11) is -10.3. The van der Waals surface area contributed by atoms with E-state index in [0.717, 1.165) is 0 Å². The van der Waals surface area contributed by atoms with Crippen molar-refractivity contribution in [1.82, 2.24) is 0 Å². The van der Waals surface area contributed by atoms with Gasteiger partial charge in [0.1, 0.15) is 0 Å². The van der Waals surface area contributed by atoms with Gasteiger partial charge in [0, 0.05) is 20.8 Å². The Morgan fingerprint density at radius 3 is 0.615 bits per heavy atom. The third-order valence-electron chi connectivity index (χ3n) is 0. The molecule has 1 radical (unpaired) electrons. The molecular weight excluding hydrogens is 302 g/mol. The molecule has 0 aromatic heterocycles. The molecule has 0 unspecified atom stereocenters. The maximum Gasteiger partial charge on any atom is 2.00 e. The second-order valence-corrected chi connectivity index (χ2v) is 2.45. The molecule has 0 amide bonds. The molecule has 73 valence electrons. The van der Waals surface area contributed by atoms with Crippen LogP contribution in [0.2, 0.25) is 0 Å². The van der Waals surface area contributed by atoms with Gasteiger partial charge >= 0.3 is 76.2 Å². The van der Waals surface area contributed by atoms with Crippen molar-refractivity contribution in [3.63, 3.8) is 0 Å². The van der Waals surface area contributed by atoms with Gasteiger partial charge in [0.05, 0.1) is 0 Å². The minimum atomic E-state index is -5.17. The zero-order valence-electron chi connectivity index (χ0n) is 6.38. The van der Waals surface area contributed by atoms with Gasteiger partial charge in [-0.05, 0) is 0 Å². The van der Waals surface area contributed by atoms with Gasteiger partial charge in [-0.2, -0.15) is 0 Å². The monoisotopic (exact) mass is 301 g/mol. The van der Waals surface area contributed by atoms with Gasteiger partial charge in [0.25, 0.3) is 0 Å². The molecule has 0 fully saturated rings. The molecule has 8 nitrogen and oxygen atoms in total. The van der Waals surface area contributed by atoms with Crippen LogP contribution in [0.3, 0.4) is 0 Å². The molecule has 0 rings (SSSR count). The van der Waals surface area contributed by atoms with Crippen LogP contribution < -0.4 is 59.1 Å². The van der Waals surface area contributed by atoms with E-state index < -0.39 is 20.8 Å². The summed E-state index contributed by atoms with van der Waals surface area (Å²) in [6.45, 7) is 0. The van der Waals surface area contributed by atoms with Crippen LogP contribution >= 0.6 is 0 Å². The van der Waals surface area contributed by atoms with Crippen LogP contribution in [0.4, 0.5) is 0 Å². The molecule has 0 aromatic rings. The molecular formula is CuNa2O8S2. The molecule has 13 heteroatoms. The fourth-order valence-corrected chi connectivity index (χ4v) is 0. The van der Waals surface area contributed by atoms with Crippen LogP contribution in [0.1, 0.15) is 0 Å². The molecule has 0 aromatic carbocycles. The molecule has 0 N–H and O–H groups in total. The van der Waals surface area contributed by atoms with Gasteiger partial charge in [-0.25, -0.2) is 0 Å². The first-order valence-corrected chi connectivity index (χ1v) is 4.00. The van der Waals surface area contributed by atoms with Crippen molar-refractivity contribution in [3.05, 3.63) is 0 Å². The quantitative estimate of drug-likeness (QED) is 0.242. The Hall–Kier alpha value is 2.26. The van der Waals surface area contributed by atoms with Crippen molar-refractivity contribution >= 4 is 20.8 Å². The number of hydrogen-bond donors (Lipinski definition) is 0. The topological polar surface area (TPSA) is 161 Å².